The zero-order chi connectivity index (χ0) is 18.5. The van der Waals surface area contributed by atoms with Gasteiger partial charge in [-0.15, -0.1) is 0 Å². The predicted molar refractivity (Wildman–Crippen MR) is 107 cm³/mol. The van der Waals surface area contributed by atoms with Crippen molar-refractivity contribution in [1.29, 1.82) is 0 Å². The smallest absolute Gasteiger partial charge is 0.119 e. The van der Waals surface area contributed by atoms with Crippen molar-refractivity contribution in [2.24, 2.45) is 10.2 Å². The van der Waals surface area contributed by atoms with Crippen molar-refractivity contribution >= 4 is 11.4 Å². The van der Waals surface area contributed by atoms with Gasteiger partial charge in [0.05, 0.1) is 24.6 Å². The van der Waals surface area contributed by atoms with Crippen LogP contribution in [0.2, 0.25) is 0 Å². The van der Waals surface area contributed by atoms with Gasteiger partial charge in [0, 0.05) is 0 Å². The lowest BCUT2D eigenvalue weighted by molar-refractivity contribution is 0.306. The largest absolute Gasteiger partial charge is 0.494 e. The summed E-state index contributed by atoms with van der Waals surface area (Å²) in [7, 11) is 0. The van der Waals surface area contributed by atoms with E-state index in [-0.39, 0.29) is 0 Å². The standard InChI is InChI=1S/C22H30N2O2/c1-3-5-7-17-25-21-13-9-19(10-14-21)23-24-20-11-15-22(16-12-20)26-18-8-6-4-2/h9-16H,3-8,17-18H2,1-2H3. The van der Waals surface area contributed by atoms with Crippen LogP contribution in [0.4, 0.5) is 11.4 Å². The molecule has 4 nitrogen and oxygen atoms in total. The SMILES string of the molecule is CCCCCOc1ccc(N=Nc2ccc(OCCCCC)cc2)cc1. The molecule has 0 radical (unpaired) electrons. The molecule has 0 N–H and O–H groups in total. The van der Waals surface area contributed by atoms with Crippen LogP contribution in [0.15, 0.2) is 58.8 Å². The Hall–Kier alpha value is -2.36. The molecule has 26 heavy (non-hydrogen) atoms. The van der Waals surface area contributed by atoms with E-state index < -0.39 is 0 Å². The van der Waals surface area contributed by atoms with Crippen LogP contribution >= 0.6 is 0 Å². The third-order valence-electron chi connectivity index (χ3n) is 3.99. The molecule has 0 atom stereocenters. The molecule has 0 bridgehead atoms. The van der Waals surface area contributed by atoms with Gasteiger partial charge in [0.15, 0.2) is 0 Å². The second kappa shape index (κ2) is 12.1. The van der Waals surface area contributed by atoms with E-state index in [0.717, 1.165) is 48.9 Å². The van der Waals surface area contributed by atoms with Gasteiger partial charge in [-0.2, -0.15) is 10.2 Å². The lowest BCUT2D eigenvalue weighted by atomic mass is 10.2. The predicted octanol–water partition coefficient (Wildman–Crippen LogP) is 7.24. The van der Waals surface area contributed by atoms with E-state index in [1.165, 1.54) is 25.7 Å². The highest BCUT2D eigenvalue weighted by atomic mass is 16.5. The molecule has 0 saturated carbocycles. The summed E-state index contributed by atoms with van der Waals surface area (Å²) in [4.78, 5) is 0. The highest BCUT2D eigenvalue weighted by molar-refractivity contribution is 5.44. The first-order valence-electron chi connectivity index (χ1n) is 9.69. The molecule has 0 fully saturated rings. The molecule has 4 heteroatoms. The number of hydrogen-bond donors (Lipinski definition) is 0. The van der Waals surface area contributed by atoms with E-state index in [1.54, 1.807) is 0 Å². The number of ether oxygens (including phenoxy) is 2. The number of nitrogens with zero attached hydrogens (tertiary/aromatic N) is 2. The second-order valence-corrected chi connectivity index (χ2v) is 6.30. The Labute approximate surface area is 157 Å². The number of rotatable bonds is 12. The highest BCUT2D eigenvalue weighted by Gasteiger charge is 1.97. The number of hydrogen-bond acceptors (Lipinski definition) is 4. The number of unbranched alkanes of at least 4 members (excludes halogenated alkanes) is 4. The summed E-state index contributed by atoms with van der Waals surface area (Å²) in [6.07, 6.45) is 7.00. The summed E-state index contributed by atoms with van der Waals surface area (Å²) in [5.74, 6) is 1.76. The normalized spacial score (nSPS) is 11.0. The lowest BCUT2D eigenvalue weighted by Crippen LogP contribution is -1.96. The fourth-order valence-corrected chi connectivity index (χ4v) is 2.42. The molecule has 2 aromatic rings. The van der Waals surface area contributed by atoms with E-state index in [1.807, 2.05) is 48.5 Å². The molecule has 0 aliphatic rings. The van der Waals surface area contributed by atoms with E-state index >= 15 is 0 Å². The van der Waals surface area contributed by atoms with Crippen LogP contribution in [0, 0.1) is 0 Å². The molecular weight excluding hydrogens is 324 g/mol. The average Bonchev–Trinajstić information content (AvgIpc) is 2.69. The van der Waals surface area contributed by atoms with Crippen LogP contribution in [0.25, 0.3) is 0 Å². The first-order chi connectivity index (χ1) is 12.8. The summed E-state index contributed by atoms with van der Waals surface area (Å²) >= 11 is 0. The Bertz CT molecular complexity index is 579. The Morgan fingerprint density at radius 2 is 0.962 bits per heavy atom. The van der Waals surface area contributed by atoms with Crippen LogP contribution in [-0.4, -0.2) is 13.2 Å². The van der Waals surface area contributed by atoms with Crippen molar-refractivity contribution < 1.29 is 9.47 Å². The van der Waals surface area contributed by atoms with Crippen molar-refractivity contribution in [2.75, 3.05) is 13.2 Å². The summed E-state index contributed by atoms with van der Waals surface area (Å²) in [6, 6.07) is 15.4. The average molecular weight is 354 g/mol. The van der Waals surface area contributed by atoms with Gasteiger partial charge in [0.25, 0.3) is 0 Å². The fourth-order valence-electron chi connectivity index (χ4n) is 2.42. The molecule has 140 valence electrons. The Kier molecular flexibility index (Phi) is 9.26. The molecule has 0 saturated heterocycles. The first-order valence-corrected chi connectivity index (χ1v) is 9.69. The van der Waals surface area contributed by atoms with Gasteiger partial charge in [-0.3, -0.25) is 0 Å². The van der Waals surface area contributed by atoms with Crippen LogP contribution in [-0.2, 0) is 0 Å². The molecular formula is C22H30N2O2. The Morgan fingerprint density at radius 3 is 1.31 bits per heavy atom. The molecule has 0 aliphatic heterocycles. The number of azo groups is 1. The van der Waals surface area contributed by atoms with Gasteiger partial charge >= 0.3 is 0 Å². The third-order valence-corrected chi connectivity index (χ3v) is 3.99. The minimum atomic E-state index is 0.765. The van der Waals surface area contributed by atoms with Crippen LogP contribution in [0.1, 0.15) is 52.4 Å². The van der Waals surface area contributed by atoms with Gasteiger partial charge in [0.2, 0.25) is 0 Å². The van der Waals surface area contributed by atoms with Crippen molar-refractivity contribution in [3.8, 4) is 11.5 Å². The molecule has 0 spiro atoms. The highest BCUT2D eigenvalue weighted by Crippen LogP contribution is 2.23. The topological polar surface area (TPSA) is 43.2 Å². The maximum atomic E-state index is 5.70. The van der Waals surface area contributed by atoms with E-state index in [0.29, 0.717) is 0 Å². The summed E-state index contributed by atoms with van der Waals surface area (Å²) in [5, 5.41) is 8.54. The fraction of sp³-hybridized carbons (Fsp3) is 0.455. The van der Waals surface area contributed by atoms with Crippen molar-refractivity contribution in [1.82, 2.24) is 0 Å². The molecule has 0 unspecified atom stereocenters. The molecule has 0 heterocycles. The van der Waals surface area contributed by atoms with E-state index in [4.69, 9.17) is 9.47 Å². The zero-order valence-electron chi connectivity index (χ0n) is 16.0. The van der Waals surface area contributed by atoms with Gasteiger partial charge < -0.3 is 9.47 Å². The van der Waals surface area contributed by atoms with Crippen LogP contribution in [0.3, 0.4) is 0 Å². The van der Waals surface area contributed by atoms with Crippen molar-refractivity contribution in [3.63, 3.8) is 0 Å². The first kappa shape index (κ1) is 20.0. The molecule has 0 aromatic heterocycles. The van der Waals surface area contributed by atoms with Gasteiger partial charge in [-0.25, -0.2) is 0 Å². The second-order valence-electron chi connectivity index (χ2n) is 6.30. The molecule has 2 rings (SSSR count). The third kappa shape index (κ3) is 7.68. The Morgan fingerprint density at radius 1 is 0.577 bits per heavy atom. The molecule has 0 amide bonds. The van der Waals surface area contributed by atoms with Gasteiger partial charge in [0.1, 0.15) is 11.5 Å². The van der Waals surface area contributed by atoms with Crippen molar-refractivity contribution in [2.45, 2.75) is 52.4 Å². The van der Waals surface area contributed by atoms with Crippen LogP contribution < -0.4 is 9.47 Å². The summed E-state index contributed by atoms with van der Waals surface area (Å²) in [5.41, 5.74) is 1.62. The van der Waals surface area contributed by atoms with Crippen LogP contribution in [0.5, 0.6) is 11.5 Å². The maximum Gasteiger partial charge on any atom is 0.119 e. The Balaban J connectivity index is 1.79. The van der Waals surface area contributed by atoms with E-state index in [2.05, 4.69) is 24.1 Å². The van der Waals surface area contributed by atoms with E-state index in [9.17, 15) is 0 Å². The molecule has 0 aliphatic carbocycles. The quantitative estimate of drug-likeness (QED) is 0.298. The summed E-state index contributed by atoms with van der Waals surface area (Å²) < 4.78 is 11.4. The lowest BCUT2D eigenvalue weighted by Gasteiger charge is -2.05. The monoisotopic (exact) mass is 354 g/mol. The van der Waals surface area contributed by atoms with Gasteiger partial charge in [-0.1, -0.05) is 39.5 Å². The van der Waals surface area contributed by atoms with Gasteiger partial charge in [-0.05, 0) is 61.4 Å². The molecule has 2 aromatic carbocycles. The number of benzene rings is 2. The minimum absolute atomic E-state index is 0.765. The zero-order valence-corrected chi connectivity index (χ0v) is 16.0. The minimum Gasteiger partial charge on any atom is -0.494 e. The maximum absolute atomic E-state index is 5.70. The van der Waals surface area contributed by atoms with Crippen molar-refractivity contribution in [3.05, 3.63) is 48.5 Å². The summed E-state index contributed by atoms with van der Waals surface area (Å²) in [6.45, 7) is 5.91.